The van der Waals surface area contributed by atoms with E-state index in [1.54, 1.807) is 20.3 Å². The lowest BCUT2D eigenvalue weighted by Gasteiger charge is -2.19. The summed E-state index contributed by atoms with van der Waals surface area (Å²) in [4.78, 5) is 2.28. The highest BCUT2D eigenvalue weighted by Crippen LogP contribution is 2.32. The van der Waals surface area contributed by atoms with Crippen molar-refractivity contribution in [2.45, 2.75) is 26.1 Å². The Balaban J connectivity index is 1.57. The molecule has 1 aliphatic rings. The number of ether oxygens (including phenoxy) is 2. The van der Waals surface area contributed by atoms with Gasteiger partial charge in [-0.3, -0.25) is 9.58 Å². The van der Waals surface area contributed by atoms with Gasteiger partial charge in [0, 0.05) is 37.3 Å². The van der Waals surface area contributed by atoms with Gasteiger partial charge in [0.25, 0.3) is 0 Å². The van der Waals surface area contributed by atoms with Crippen molar-refractivity contribution in [3.8, 4) is 22.8 Å². The molecule has 4 rings (SSSR count). The van der Waals surface area contributed by atoms with Crippen LogP contribution < -0.4 is 9.47 Å². The number of hydrogen-bond donors (Lipinski definition) is 0. The van der Waals surface area contributed by atoms with Crippen LogP contribution in [-0.4, -0.2) is 35.4 Å². The Morgan fingerprint density at radius 3 is 2.61 bits per heavy atom. The van der Waals surface area contributed by atoms with E-state index in [1.165, 1.54) is 6.07 Å². The van der Waals surface area contributed by atoms with Crippen molar-refractivity contribution >= 4 is 0 Å². The highest BCUT2D eigenvalue weighted by Gasteiger charge is 2.19. The van der Waals surface area contributed by atoms with Gasteiger partial charge in [-0.1, -0.05) is 18.2 Å². The van der Waals surface area contributed by atoms with Gasteiger partial charge in [0.1, 0.15) is 5.82 Å². The number of nitrogens with zero attached hydrogens (tertiary/aromatic N) is 3. The third kappa shape index (κ3) is 3.73. The highest BCUT2D eigenvalue weighted by molar-refractivity contribution is 5.64. The minimum absolute atomic E-state index is 0.147. The zero-order chi connectivity index (χ0) is 19.5. The van der Waals surface area contributed by atoms with Crippen LogP contribution in [0.15, 0.2) is 48.5 Å². The Morgan fingerprint density at radius 2 is 1.82 bits per heavy atom. The van der Waals surface area contributed by atoms with Gasteiger partial charge in [-0.15, -0.1) is 0 Å². The summed E-state index contributed by atoms with van der Waals surface area (Å²) in [6.07, 6.45) is 0.981. The van der Waals surface area contributed by atoms with Gasteiger partial charge in [0.15, 0.2) is 11.5 Å². The van der Waals surface area contributed by atoms with Crippen molar-refractivity contribution in [1.82, 2.24) is 14.7 Å². The first-order valence-corrected chi connectivity index (χ1v) is 9.43. The largest absolute Gasteiger partial charge is 0.493 e. The molecule has 0 aliphatic carbocycles. The van der Waals surface area contributed by atoms with E-state index in [1.807, 2.05) is 30.3 Å². The van der Waals surface area contributed by atoms with Crippen LogP contribution >= 0.6 is 0 Å². The van der Waals surface area contributed by atoms with E-state index in [0.717, 1.165) is 48.6 Å². The molecule has 0 saturated heterocycles. The second-order valence-electron chi connectivity index (χ2n) is 6.97. The van der Waals surface area contributed by atoms with Gasteiger partial charge >= 0.3 is 0 Å². The Kier molecular flexibility index (Phi) is 5.30. The zero-order valence-corrected chi connectivity index (χ0v) is 16.2. The SMILES string of the molecule is COc1ccc(-c2cc3n(n2)CCCN(Cc2ccccc2F)C3)cc1OC. The minimum Gasteiger partial charge on any atom is -0.493 e. The molecule has 0 unspecified atom stereocenters. The quantitative estimate of drug-likeness (QED) is 0.667. The summed E-state index contributed by atoms with van der Waals surface area (Å²) in [5.74, 6) is 1.23. The standard InChI is InChI=1S/C22H24FN3O2/c1-27-21-9-8-16(12-22(21)28-2)20-13-18-15-25(10-5-11-26(18)24-20)14-17-6-3-4-7-19(17)23/h3-4,6-9,12-13H,5,10-11,14-15H2,1-2H3. The van der Waals surface area contributed by atoms with Crippen molar-refractivity contribution in [2.75, 3.05) is 20.8 Å². The van der Waals surface area contributed by atoms with Gasteiger partial charge in [-0.25, -0.2) is 4.39 Å². The maximum Gasteiger partial charge on any atom is 0.161 e. The molecule has 0 atom stereocenters. The predicted molar refractivity (Wildman–Crippen MR) is 106 cm³/mol. The Labute approximate surface area is 164 Å². The molecule has 2 aromatic carbocycles. The Morgan fingerprint density at radius 1 is 1.00 bits per heavy atom. The maximum absolute atomic E-state index is 14.0. The smallest absolute Gasteiger partial charge is 0.161 e. The second-order valence-corrected chi connectivity index (χ2v) is 6.97. The molecule has 0 saturated carbocycles. The number of methoxy groups -OCH3 is 2. The monoisotopic (exact) mass is 381 g/mol. The summed E-state index contributed by atoms with van der Waals surface area (Å²) in [6, 6.07) is 14.9. The van der Waals surface area contributed by atoms with Crippen LogP contribution in [-0.2, 0) is 19.6 Å². The van der Waals surface area contributed by atoms with Crippen LogP contribution in [0, 0.1) is 5.82 Å². The molecular weight excluding hydrogens is 357 g/mol. The van der Waals surface area contributed by atoms with Gasteiger partial charge in [0.2, 0.25) is 0 Å². The van der Waals surface area contributed by atoms with Crippen molar-refractivity contribution in [1.29, 1.82) is 0 Å². The topological polar surface area (TPSA) is 39.5 Å². The van der Waals surface area contributed by atoms with E-state index in [9.17, 15) is 4.39 Å². The molecular formula is C22H24FN3O2. The fourth-order valence-electron chi connectivity index (χ4n) is 3.67. The lowest BCUT2D eigenvalue weighted by Crippen LogP contribution is -2.23. The van der Waals surface area contributed by atoms with E-state index in [-0.39, 0.29) is 5.82 Å². The van der Waals surface area contributed by atoms with E-state index < -0.39 is 0 Å². The van der Waals surface area contributed by atoms with Crippen LogP contribution in [0.25, 0.3) is 11.3 Å². The van der Waals surface area contributed by atoms with Crippen LogP contribution in [0.4, 0.5) is 4.39 Å². The fourth-order valence-corrected chi connectivity index (χ4v) is 3.67. The zero-order valence-electron chi connectivity index (χ0n) is 16.2. The van der Waals surface area contributed by atoms with E-state index in [2.05, 4.69) is 15.6 Å². The highest BCUT2D eigenvalue weighted by atomic mass is 19.1. The summed E-state index contributed by atoms with van der Waals surface area (Å²) < 4.78 is 26.8. The number of hydrogen-bond acceptors (Lipinski definition) is 4. The molecule has 5 nitrogen and oxygen atoms in total. The molecule has 3 aromatic rings. The van der Waals surface area contributed by atoms with E-state index in [4.69, 9.17) is 14.6 Å². The predicted octanol–water partition coefficient (Wildman–Crippen LogP) is 4.11. The van der Waals surface area contributed by atoms with E-state index in [0.29, 0.717) is 18.0 Å². The second kappa shape index (κ2) is 8.02. The molecule has 6 heteroatoms. The van der Waals surface area contributed by atoms with Crippen LogP contribution in [0.2, 0.25) is 0 Å². The summed E-state index contributed by atoms with van der Waals surface area (Å²) in [7, 11) is 3.26. The Hall–Kier alpha value is -2.86. The molecule has 1 aromatic heterocycles. The first-order valence-electron chi connectivity index (χ1n) is 9.43. The van der Waals surface area contributed by atoms with Crippen LogP contribution in [0.3, 0.4) is 0 Å². The summed E-state index contributed by atoms with van der Waals surface area (Å²) in [6.45, 7) is 3.12. The summed E-state index contributed by atoms with van der Waals surface area (Å²) in [5, 5.41) is 4.79. The number of fused-ring (bicyclic) bond motifs is 1. The Bertz CT molecular complexity index is 970. The average molecular weight is 381 g/mol. The molecule has 0 radical (unpaired) electrons. The normalized spacial score (nSPS) is 14.4. The van der Waals surface area contributed by atoms with E-state index >= 15 is 0 Å². The minimum atomic E-state index is -0.147. The molecule has 2 heterocycles. The van der Waals surface area contributed by atoms with Crippen molar-refractivity contribution in [3.05, 3.63) is 65.6 Å². The lowest BCUT2D eigenvalue weighted by atomic mass is 10.1. The number of halogens is 1. The molecule has 0 amide bonds. The van der Waals surface area contributed by atoms with Gasteiger partial charge < -0.3 is 9.47 Å². The van der Waals surface area contributed by atoms with Crippen LogP contribution in [0.1, 0.15) is 17.7 Å². The van der Waals surface area contributed by atoms with Crippen LogP contribution in [0.5, 0.6) is 11.5 Å². The van der Waals surface area contributed by atoms with Gasteiger partial charge in [-0.2, -0.15) is 5.10 Å². The maximum atomic E-state index is 14.0. The average Bonchev–Trinajstić information content (AvgIpc) is 3.02. The molecule has 0 N–H and O–H groups in total. The number of rotatable bonds is 5. The molecule has 1 aliphatic heterocycles. The van der Waals surface area contributed by atoms with Gasteiger partial charge in [0.05, 0.1) is 25.6 Å². The van der Waals surface area contributed by atoms with Crippen molar-refractivity contribution in [2.24, 2.45) is 0 Å². The third-order valence-electron chi connectivity index (χ3n) is 5.12. The molecule has 28 heavy (non-hydrogen) atoms. The summed E-state index contributed by atoms with van der Waals surface area (Å²) >= 11 is 0. The molecule has 0 spiro atoms. The number of benzene rings is 2. The molecule has 0 fully saturated rings. The van der Waals surface area contributed by atoms with Crippen molar-refractivity contribution < 1.29 is 13.9 Å². The van der Waals surface area contributed by atoms with Gasteiger partial charge in [-0.05, 0) is 36.8 Å². The fraction of sp³-hybridized carbons (Fsp3) is 0.318. The van der Waals surface area contributed by atoms with Crippen molar-refractivity contribution in [3.63, 3.8) is 0 Å². The third-order valence-corrected chi connectivity index (χ3v) is 5.12. The number of aryl methyl sites for hydroxylation is 1. The summed E-state index contributed by atoms with van der Waals surface area (Å²) in [5.41, 5.74) is 3.76. The molecule has 146 valence electrons. The lowest BCUT2D eigenvalue weighted by molar-refractivity contribution is 0.257. The first kappa shape index (κ1) is 18.5. The first-order chi connectivity index (χ1) is 13.7. The molecule has 0 bridgehead atoms. The number of aromatic nitrogens is 2.